The molecular formula is C15H21FN2O4. The average Bonchev–Trinajstić information content (AvgIpc) is 2.46. The van der Waals surface area contributed by atoms with E-state index in [0.29, 0.717) is 5.75 Å². The van der Waals surface area contributed by atoms with Crippen molar-refractivity contribution in [2.24, 2.45) is 5.92 Å². The van der Waals surface area contributed by atoms with Crippen molar-refractivity contribution < 1.29 is 23.8 Å². The molecule has 0 fully saturated rings. The van der Waals surface area contributed by atoms with Gasteiger partial charge in [0.1, 0.15) is 17.7 Å². The van der Waals surface area contributed by atoms with Crippen LogP contribution in [0.2, 0.25) is 0 Å². The number of hydrogen-bond acceptors (Lipinski definition) is 3. The van der Waals surface area contributed by atoms with Gasteiger partial charge in [-0.25, -0.2) is 9.18 Å². The molecule has 7 heteroatoms. The second kappa shape index (κ2) is 8.21. The molecule has 1 aromatic rings. The number of ether oxygens (including phenoxy) is 1. The predicted octanol–water partition coefficient (Wildman–Crippen LogP) is 1.96. The van der Waals surface area contributed by atoms with E-state index in [9.17, 15) is 14.0 Å². The number of carbonyl (C=O) groups is 2. The van der Waals surface area contributed by atoms with Gasteiger partial charge in [0, 0.05) is 13.6 Å². The molecule has 0 aliphatic heterocycles. The second-order valence-electron chi connectivity index (χ2n) is 5.19. The number of hydrogen-bond donors (Lipinski definition) is 2. The van der Waals surface area contributed by atoms with Gasteiger partial charge in [0.15, 0.2) is 0 Å². The highest BCUT2D eigenvalue weighted by Gasteiger charge is 2.17. The normalized spacial score (nSPS) is 13.1. The van der Waals surface area contributed by atoms with Crippen LogP contribution in [0.5, 0.6) is 5.75 Å². The standard InChI is InChI=1S/C15H21FN2O4/c1-10(14(19)20)9-18(3)15(21)17-8-11(2)22-13-6-4-12(16)5-7-13/h4-7,10-11H,8-9H2,1-3H3,(H,17,21)(H,19,20). The van der Waals surface area contributed by atoms with Crippen LogP contribution in [0, 0.1) is 11.7 Å². The summed E-state index contributed by atoms with van der Waals surface area (Å²) in [5, 5.41) is 11.5. The summed E-state index contributed by atoms with van der Waals surface area (Å²) in [5.41, 5.74) is 0. The number of amides is 2. The van der Waals surface area contributed by atoms with E-state index in [1.807, 2.05) is 0 Å². The molecule has 0 heterocycles. The molecule has 0 saturated heterocycles. The zero-order valence-corrected chi connectivity index (χ0v) is 12.9. The van der Waals surface area contributed by atoms with Crippen molar-refractivity contribution >= 4 is 12.0 Å². The number of carboxylic acid groups (broad SMARTS) is 1. The third kappa shape index (κ3) is 5.99. The van der Waals surface area contributed by atoms with Crippen molar-refractivity contribution in [1.82, 2.24) is 10.2 Å². The Morgan fingerprint density at radius 2 is 1.91 bits per heavy atom. The van der Waals surface area contributed by atoms with Crippen LogP contribution in [-0.2, 0) is 4.79 Å². The third-order valence-electron chi connectivity index (χ3n) is 3.01. The highest BCUT2D eigenvalue weighted by molar-refractivity contribution is 5.75. The minimum atomic E-state index is -0.951. The smallest absolute Gasteiger partial charge is 0.317 e. The van der Waals surface area contributed by atoms with E-state index < -0.39 is 11.9 Å². The number of halogens is 1. The summed E-state index contributed by atoms with van der Waals surface area (Å²) in [7, 11) is 1.53. The Hall–Kier alpha value is -2.31. The Morgan fingerprint density at radius 3 is 2.45 bits per heavy atom. The lowest BCUT2D eigenvalue weighted by Gasteiger charge is -2.21. The van der Waals surface area contributed by atoms with E-state index in [1.54, 1.807) is 6.92 Å². The average molecular weight is 312 g/mol. The van der Waals surface area contributed by atoms with Crippen LogP contribution < -0.4 is 10.1 Å². The van der Waals surface area contributed by atoms with E-state index in [2.05, 4.69) is 5.32 Å². The number of aliphatic carboxylic acids is 1. The molecular weight excluding hydrogens is 291 g/mol. The van der Waals surface area contributed by atoms with Gasteiger partial charge in [-0.3, -0.25) is 4.79 Å². The SMILES string of the molecule is CC(CNC(=O)N(C)CC(C)C(=O)O)Oc1ccc(F)cc1. The highest BCUT2D eigenvalue weighted by Crippen LogP contribution is 2.12. The minimum Gasteiger partial charge on any atom is -0.489 e. The maximum absolute atomic E-state index is 12.8. The second-order valence-corrected chi connectivity index (χ2v) is 5.19. The first-order chi connectivity index (χ1) is 10.3. The van der Waals surface area contributed by atoms with Gasteiger partial charge in [-0.1, -0.05) is 6.92 Å². The quantitative estimate of drug-likeness (QED) is 0.806. The third-order valence-corrected chi connectivity index (χ3v) is 3.01. The summed E-state index contributed by atoms with van der Waals surface area (Å²) in [6.07, 6.45) is -0.306. The Kier molecular flexibility index (Phi) is 6.62. The number of nitrogens with zero attached hydrogens (tertiary/aromatic N) is 1. The molecule has 1 rings (SSSR count). The van der Waals surface area contributed by atoms with E-state index in [-0.39, 0.29) is 31.0 Å². The highest BCUT2D eigenvalue weighted by atomic mass is 19.1. The van der Waals surface area contributed by atoms with Crippen molar-refractivity contribution in [3.05, 3.63) is 30.1 Å². The Balaban J connectivity index is 2.36. The van der Waals surface area contributed by atoms with Crippen LogP contribution in [0.15, 0.2) is 24.3 Å². The largest absolute Gasteiger partial charge is 0.489 e. The van der Waals surface area contributed by atoms with Crippen LogP contribution in [-0.4, -0.2) is 48.2 Å². The molecule has 2 atom stereocenters. The van der Waals surface area contributed by atoms with Gasteiger partial charge in [-0.05, 0) is 31.2 Å². The number of carboxylic acids is 1. The molecule has 0 radical (unpaired) electrons. The lowest BCUT2D eigenvalue weighted by Crippen LogP contribution is -2.43. The van der Waals surface area contributed by atoms with Crippen LogP contribution in [0.4, 0.5) is 9.18 Å². The lowest BCUT2D eigenvalue weighted by molar-refractivity contribution is -0.141. The lowest BCUT2D eigenvalue weighted by atomic mass is 10.2. The molecule has 22 heavy (non-hydrogen) atoms. The van der Waals surface area contributed by atoms with Crippen molar-refractivity contribution in [2.45, 2.75) is 20.0 Å². The zero-order chi connectivity index (χ0) is 16.7. The van der Waals surface area contributed by atoms with Gasteiger partial charge in [0.2, 0.25) is 0 Å². The number of urea groups is 1. The molecule has 0 bridgehead atoms. The van der Waals surface area contributed by atoms with E-state index >= 15 is 0 Å². The monoisotopic (exact) mass is 312 g/mol. The molecule has 0 aliphatic rings. The summed E-state index contributed by atoms with van der Waals surface area (Å²) in [6, 6.07) is 5.23. The van der Waals surface area contributed by atoms with Gasteiger partial charge in [0.25, 0.3) is 0 Å². The molecule has 6 nitrogen and oxygen atoms in total. The maximum Gasteiger partial charge on any atom is 0.317 e. The van der Waals surface area contributed by atoms with Crippen LogP contribution in [0.25, 0.3) is 0 Å². The molecule has 0 saturated carbocycles. The first-order valence-corrected chi connectivity index (χ1v) is 6.93. The summed E-state index contributed by atoms with van der Waals surface area (Å²) in [4.78, 5) is 23.9. The number of benzene rings is 1. The van der Waals surface area contributed by atoms with E-state index in [4.69, 9.17) is 9.84 Å². The summed E-state index contributed by atoms with van der Waals surface area (Å²) < 4.78 is 18.3. The molecule has 122 valence electrons. The summed E-state index contributed by atoms with van der Waals surface area (Å²) in [6.45, 7) is 3.67. The molecule has 0 aliphatic carbocycles. The molecule has 2 amide bonds. The molecule has 2 unspecified atom stereocenters. The molecule has 0 aromatic heterocycles. The Labute approximate surface area is 128 Å². The Bertz CT molecular complexity index is 507. The van der Waals surface area contributed by atoms with Gasteiger partial charge < -0.3 is 20.1 Å². The van der Waals surface area contributed by atoms with Crippen molar-refractivity contribution in [3.8, 4) is 5.75 Å². The maximum atomic E-state index is 12.8. The molecule has 0 spiro atoms. The minimum absolute atomic E-state index is 0.119. The van der Waals surface area contributed by atoms with Gasteiger partial charge in [-0.2, -0.15) is 0 Å². The van der Waals surface area contributed by atoms with E-state index in [0.717, 1.165) is 0 Å². The Morgan fingerprint density at radius 1 is 1.32 bits per heavy atom. The number of rotatable bonds is 7. The number of nitrogens with one attached hydrogen (secondary N) is 1. The van der Waals surface area contributed by atoms with Crippen LogP contribution in [0.1, 0.15) is 13.8 Å². The topological polar surface area (TPSA) is 78.9 Å². The fourth-order valence-corrected chi connectivity index (χ4v) is 1.72. The van der Waals surface area contributed by atoms with E-state index in [1.165, 1.54) is 43.1 Å². The predicted molar refractivity (Wildman–Crippen MR) is 79.3 cm³/mol. The first-order valence-electron chi connectivity index (χ1n) is 6.93. The molecule has 1 aromatic carbocycles. The molecule has 2 N–H and O–H groups in total. The van der Waals surface area contributed by atoms with Gasteiger partial charge in [-0.15, -0.1) is 0 Å². The van der Waals surface area contributed by atoms with Crippen molar-refractivity contribution in [2.75, 3.05) is 20.1 Å². The van der Waals surface area contributed by atoms with Crippen LogP contribution >= 0.6 is 0 Å². The van der Waals surface area contributed by atoms with Crippen molar-refractivity contribution in [1.29, 1.82) is 0 Å². The summed E-state index contributed by atoms with van der Waals surface area (Å²) in [5.74, 6) is -1.42. The summed E-state index contributed by atoms with van der Waals surface area (Å²) >= 11 is 0. The fourth-order valence-electron chi connectivity index (χ4n) is 1.72. The zero-order valence-electron chi connectivity index (χ0n) is 12.9. The van der Waals surface area contributed by atoms with Gasteiger partial charge >= 0.3 is 12.0 Å². The fraction of sp³-hybridized carbons (Fsp3) is 0.467. The van der Waals surface area contributed by atoms with Gasteiger partial charge in [0.05, 0.1) is 12.5 Å². The first kappa shape index (κ1) is 17.7. The van der Waals surface area contributed by atoms with Crippen molar-refractivity contribution in [3.63, 3.8) is 0 Å². The van der Waals surface area contributed by atoms with Crippen LogP contribution in [0.3, 0.4) is 0 Å². The number of carbonyl (C=O) groups excluding carboxylic acids is 1.